The van der Waals surface area contributed by atoms with Crippen LogP contribution in [0.15, 0.2) is 0 Å². The van der Waals surface area contributed by atoms with Gasteiger partial charge in [-0.3, -0.25) is 0 Å². The number of rotatable bonds is 6. The van der Waals surface area contributed by atoms with Gasteiger partial charge in [0.15, 0.2) is 0 Å². The van der Waals surface area contributed by atoms with Gasteiger partial charge < -0.3 is 28.0 Å². The Balaban J connectivity index is -0.000000256. The van der Waals surface area contributed by atoms with Crippen LogP contribution in [-0.4, -0.2) is 24.5 Å². The van der Waals surface area contributed by atoms with Gasteiger partial charge in [0.05, 0.1) is 12.2 Å². The normalized spacial score (nSPS) is 16.9. The molecule has 2 unspecified atom stereocenters. The van der Waals surface area contributed by atoms with Crippen LogP contribution < -0.4 is 9.79 Å². The summed E-state index contributed by atoms with van der Waals surface area (Å²) in [4.78, 5) is 21.2. The van der Waals surface area contributed by atoms with E-state index in [-0.39, 0.29) is 44.0 Å². The molecule has 0 aliphatic rings. The second kappa shape index (κ2) is 11.6. The topological polar surface area (TPSA) is 98.7 Å². The predicted octanol–water partition coefficient (Wildman–Crippen LogP) is 1.97. The maximum Gasteiger partial charge on any atom is 2.00 e. The molecule has 0 fully saturated rings. The van der Waals surface area contributed by atoms with Crippen LogP contribution in [0, 0.1) is 0 Å². The fourth-order valence-electron chi connectivity index (χ4n) is 0.791. The molecule has 0 aliphatic carbocycles. The second-order valence-electron chi connectivity index (χ2n) is 4.16. The van der Waals surface area contributed by atoms with Crippen LogP contribution in [0.3, 0.4) is 0 Å². The van der Waals surface area contributed by atoms with E-state index < -0.39 is 15.2 Å². The predicted molar refractivity (Wildman–Crippen MR) is 68.7 cm³/mol. The molecule has 0 rings (SSSR count). The van der Waals surface area contributed by atoms with Crippen LogP contribution in [-0.2, 0) is 37.7 Å². The van der Waals surface area contributed by atoms with E-state index in [9.17, 15) is 18.9 Å². The summed E-state index contributed by atoms with van der Waals surface area (Å²) in [7, 11) is -6.96. The molecule has 0 radical (unpaired) electrons. The standard InChI is InChI=1S/2C5H13O3P.Zn/c2*1-4-9(6,7)8-5(2)3;/h2*5H,4H2,1-3H3,(H,6,7);/q;;+2/p-2. The van der Waals surface area contributed by atoms with E-state index in [0.717, 1.165) is 0 Å². The van der Waals surface area contributed by atoms with Crippen LogP contribution >= 0.6 is 15.2 Å². The van der Waals surface area contributed by atoms with Crippen molar-refractivity contribution < 1.29 is 47.4 Å². The molecule has 0 aromatic heterocycles. The molecule has 0 bridgehead atoms. The van der Waals surface area contributed by atoms with E-state index in [4.69, 9.17) is 0 Å². The van der Waals surface area contributed by atoms with E-state index in [2.05, 4.69) is 9.05 Å². The zero-order valence-electron chi connectivity index (χ0n) is 12.6. The molecular formula is C10H24O6P2Zn. The van der Waals surface area contributed by atoms with Gasteiger partial charge in [-0.2, -0.15) is 0 Å². The quantitative estimate of drug-likeness (QED) is 0.525. The third kappa shape index (κ3) is 18.9. The molecule has 19 heavy (non-hydrogen) atoms. The van der Waals surface area contributed by atoms with E-state index in [1.807, 2.05) is 0 Å². The van der Waals surface area contributed by atoms with Crippen molar-refractivity contribution in [2.45, 2.75) is 53.8 Å². The molecule has 0 aliphatic heterocycles. The Morgan fingerprint density at radius 2 is 1.05 bits per heavy atom. The molecule has 0 amide bonds. The fraction of sp³-hybridized carbons (Fsp3) is 1.00. The summed E-state index contributed by atoms with van der Waals surface area (Å²) >= 11 is 0. The summed E-state index contributed by atoms with van der Waals surface area (Å²) in [5.41, 5.74) is 0. The van der Waals surface area contributed by atoms with E-state index in [1.54, 1.807) is 41.5 Å². The summed E-state index contributed by atoms with van der Waals surface area (Å²) in [5.74, 6) is 0. The van der Waals surface area contributed by atoms with Crippen molar-refractivity contribution in [2.24, 2.45) is 0 Å². The molecular weight excluding hydrogens is 343 g/mol. The number of hydrogen-bond donors (Lipinski definition) is 0. The van der Waals surface area contributed by atoms with E-state index in [0.29, 0.717) is 0 Å². The Hall–Kier alpha value is 0.923. The summed E-state index contributed by atoms with van der Waals surface area (Å²) in [5, 5.41) is 0. The molecule has 2 atom stereocenters. The van der Waals surface area contributed by atoms with Gasteiger partial charge in [-0.05, 0) is 27.7 Å². The Morgan fingerprint density at radius 1 is 0.842 bits per heavy atom. The first-order valence-corrected chi connectivity index (χ1v) is 9.38. The van der Waals surface area contributed by atoms with Crippen molar-refractivity contribution in [1.82, 2.24) is 0 Å². The first-order chi connectivity index (χ1) is 7.95. The van der Waals surface area contributed by atoms with Gasteiger partial charge >= 0.3 is 19.5 Å². The summed E-state index contributed by atoms with van der Waals surface area (Å²) in [6.45, 7) is 9.91. The van der Waals surface area contributed by atoms with Crippen LogP contribution in [0.4, 0.5) is 0 Å². The van der Waals surface area contributed by atoms with Crippen molar-refractivity contribution in [3.63, 3.8) is 0 Å². The molecule has 0 saturated carbocycles. The van der Waals surface area contributed by atoms with Gasteiger partial charge in [0.25, 0.3) is 0 Å². The minimum Gasteiger partial charge on any atom is -0.778 e. The maximum absolute atomic E-state index is 10.6. The zero-order valence-corrected chi connectivity index (χ0v) is 17.4. The molecule has 0 saturated heterocycles. The third-order valence-electron chi connectivity index (χ3n) is 1.52. The SMILES string of the molecule is CCP(=O)([O-])OC(C)C.CCP(=O)([O-])OC(C)C.[Zn+2]. The van der Waals surface area contributed by atoms with Crippen LogP contribution in [0.25, 0.3) is 0 Å². The maximum atomic E-state index is 10.6. The zero-order chi connectivity index (χ0) is 15.0. The number of hydrogen-bond acceptors (Lipinski definition) is 6. The largest absolute Gasteiger partial charge is 2.00 e. The Kier molecular flexibility index (Phi) is 15.2. The van der Waals surface area contributed by atoms with E-state index in [1.165, 1.54) is 0 Å². The molecule has 0 aromatic carbocycles. The minimum atomic E-state index is -3.48. The van der Waals surface area contributed by atoms with Gasteiger partial charge in [0, 0.05) is 12.3 Å². The second-order valence-corrected chi connectivity index (χ2v) is 8.29. The summed E-state index contributed by atoms with van der Waals surface area (Å²) in [6.07, 6.45) is -0.308. The Morgan fingerprint density at radius 3 is 1.11 bits per heavy atom. The first kappa shape index (κ1) is 24.9. The van der Waals surface area contributed by atoms with Crippen molar-refractivity contribution in [3.05, 3.63) is 0 Å². The van der Waals surface area contributed by atoms with Gasteiger partial charge in [0.1, 0.15) is 15.2 Å². The summed E-state index contributed by atoms with van der Waals surface area (Å²) in [6, 6.07) is 0. The van der Waals surface area contributed by atoms with Crippen molar-refractivity contribution >= 4 is 15.2 Å². The Bertz CT molecular complexity index is 278. The van der Waals surface area contributed by atoms with Crippen LogP contribution in [0.5, 0.6) is 0 Å². The summed E-state index contributed by atoms with van der Waals surface area (Å²) < 4.78 is 30.4. The van der Waals surface area contributed by atoms with Crippen LogP contribution in [0.1, 0.15) is 41.5 Å². The average Bonchev–Trinajstić information content (AvgIpc) is 2.15. The molecule has 0 N–H and O–H groups in total. The Labute approximate surface area is 129 Å². The van der Waals surface area contributed by atoms with Crippen molar-refractivity contribution in [2.75, 3.05) is 12.3 Å². The molecule has 0 spiro atoms. The van der Waals surface area contributed by atoms with Gasteiger partial charge in [-0.15, -0.1) is 0 Å². The van der Waals surface area contributed by atoms with Gasteiger partial charge in [0.2, 0.25) is 0 Å². The molecule has 112 valence electrons. The molecule has 9 heteroatoms. The van der Waals surface area contributed by atoms with Gasteiger partial charge in [-0.1, -0.05) is 13.8 Å². The monoisotopic (exact) mass is 366 g/mol. The molecule has 0 aromatic rings. The van der Waals surface area contributed by atoms with Crippen molar-refractivity contribution in [1.29, 1.82) is 0 Å². The van der Waals surface area contributed by atoms with Crippen LogP contribution in [0.2, 0.25) is 0 Å². The third-order valence-corrected chi connectivity index (χ3v) is 4.55. The van der Waals surface area contributed by atoms with Gasteiger partial charge in [-0.25, -0.2) is 0 Å². The molecule has 0 heterocycles. The first-order valence-electron chi connectivity index (χ1n) is 5.92. The van der Waals surface area contributed by atoms with Crippen molar-refractivity contribution in [3.8, 4) is 0 Å². The smallest absolute Gasteiger partial charge is 0.778 e. The average molecular weight is 368 g/mol. The minimum absolute atomic E-state index is 0. The van der Waals surface area contributed by atoms with E-state index >= 15 is 0 Å². The molecule has 6 nitrogen and oxygen atoms in total. The fourth-order valence-corrected chi connectivity index (χ4v) is 2.37.